The van der Waals surface area contributed by atoms with Crippen LogP contribution in [0.2, 0.25) is 0 Å². The number of nitrogen functional groups attached to an aromatic ring is 1. The Hall–Kier alpha value is -1.98. The first-order valence-electron chi connectivity index (χ1n) is 6.01. The zero-order valence-electron chi connectivity index (χ0n) is 10.7. The number of nitrogens with two attached hydrogens (primary N) is 1. The van der Waals surface area contributed by atoms with Gasteiger partial charge in [0.25, 0.3) is 0 Å². The summed E-state index contributed by atoms with van der Waals surface area (Å²) in [7, 11) is 1.50. The second-order valence-electron chi connectivity index (χ2n) is 4.50. The normalized spacial score (nSPS) is 17.4. The number of carbonyl (C=O) groups is 1. The molecule has 2 heterocycles. The average Bonchev–Trinajstić information content (AvgIpc) is 2.77. The van der Waals surface area contributed by atoms with Gasteiger partial charge in [-0.3, -0.25) is 0 Å². The van der Waals surface area contributed by atoms with E-state index in [-0.39, 0.29) is 32.1 Å². The number of aromatic nitrogens is 1. The summed E-state index contributed by atoms with van der Waals surface area (Å²) >= 11 is -0.0523. The topological polar surface area (TPSA) is 97.5 Å². The van der Waals surface area contributed by atoms with E-state index in [0.29, 0.717) is 22.7 Å². The van der Waals surface area contributed by atoms with Crippen molar-refractivity contribution in [1.82, 2.24) is 4.98 Å². The molecule has 2 aromatic rings. The monoisotopic (exact) mass is 339 g/mol. The van der Waals surface area contributed by atoms with Crippen LogP contribution in [0.1, 0.15) is 22.3 Å². The van der Waals surface area contributed by atoms with E-state index in [0.717, 1.165) is 10.0 Å². The molecular weight excluding hydrogens is 325 g/mol. The molecule has 1 aromatic carbocycles. The van der Waals surface area contributed by atoms with Gasteiger partial charge in [-0.1, -0.05) is 0 Å². The van der Waals surface area contributed by atoms with Crippen molar-refractivity contribution in [1.29, 1.82) is 0 Å². The van der Waals surface area contributed by atoms with E-state index >= 15 is 0 Å². The van der Waals surface area contributed by atoms with E-state index < -0.39 is 0 Å². The van der Waals surface area contributed by atoms with Crippen LogP contribution < -0.4 is 15.8 Å². The van der Waals surface area contributed by atoms with Crippen molar-refractivity contribution in [2.24, 2.45) is 0 Å². The number of phenols is 1. The summed E-state index contributed by atoms with van der Waals surface area (Å²) in [6.45, 7) is 0. The fourth-order valence-electron chi connectivity index (χ4n) is 2.33. The fourth-order valence-corrected chi connectivity index (χ4v) is 4.25. The summed E-state index contributed by atoms with van der Waals surface area (Å²) in [6.07, 6.45) is 0.342. The summed E-state index contributed by atoms with van der Waals surface area (Å²) in [6, 6.07) is 5.19. The van der Waals surface area contributed by atoms with Gasteiger partial charge in [-0.2, -0.15) is 0 Å². The zero-order valence-corrected chi connectivity index (χ0v) is 12.4. The summed E-state index contributed by atoms with van der Waals surface area (Å²) in [5.41, 5.74) is 6.64. The third-order valence-electron chi connectivity index (χ3n) is 3.24. The molecule has 0 fully saturated rings. The molecule has 1 atom stereocenters. The molecule has 1 aromatic heterocycles. The summed E-state index contributed by atoms with van der Waals surface area (Å²) in [5, 5.41) is 12.6. The number of fused-ring (bicyclic) bond motifs is 1. The third-order valence-corrected chi connectivity index (χ3v) is 5.33. The third kappa shape index (κ3) is 2.15. The Morgan fingerprint density at radius 3 is 3.05 bits per heavy atom. The number of phenolic OH excluding ortho intramolecular Hbond substituents is 1. The van der Waals surface area contributed by atoms with Gasteiger partial charge in [0.1, 0.15) is 0 Å². The first kappa shape index (κ1) is 13.0. The molecule has 1 aliphatic rings. The molecule has 4 N–H and O–H groups in total. The molecule has 20 heavy (non-hydrogen) atoms. The first-order valence-corrected chi connectivity index (χ1v) is 7.72. The van der Waals surface area contributed by atoms with E-state index in [1.165, 1.54) is 7.11 Å². The number of nitrogens with one attached hydrogen (secondary N) is 1. The molecular formula is C13H13N3O3Se. The van der Waals surface area contributed by atoms with Gasteiger partial charge in [-0.05, 0) is 0 Å². The van der Waals surface area contributed by atoms with Gasteiger partial charge < -0.3 is 0 Å². The van der Waals surface area contributed by atoms with Crippen LogP contribution in [0, 0.1) is 0 Å². The molecule has 1 amide bonds. The number of amides is 1. The molecule has 0 bridgehead atoms. The van der Waals surface area contributed by atoms with Crippen LogP contribution in [0.15, 0.2) is 18.2 Å². The number of methoxy groups -OCH3 is 1. The SMILES string of the molecule is COc1ccc(C2CC(=O)Nc3nc(N)[se]c32)cc1O. The van der Waals surface area contributed by atoms with Crippen molar-refractivity contribution in [3.63, 3.8) is 0 Å². The first-order chi connectivity index (χ1) is 9.58. The number of rotatable bonds is 2. The quantitative estimate of drug-likeness (QED) is 0.707. The summed E-state index contributed by atoms with van der Waals surface area (Å²) in [5.74, 6) is 0.895. The minimum atomic E-state index is -0.0849. The van der Waals surface area contributed by atoms with E-state index in [1.807, 2.05) is 6.07 Å². The van der Waals surface area contributed by atoms with Crippen LogP contribution in [0.3, 0.4) is 0 Å². The van der Waals surface area contributed by atoms with E-state index in [4.69, 9.17) is 10.5 Å². The Kier molecular flexibility index (Phi) is 3.16. The molecule has 0 radical (unpaired) electrons. The molecule has 0 spiro atoms. The Bertz CT molecular complexity index is 683. The van der Waals surface area contributed by atoms with Crippen LogP contribution in [0.4, 0.5) is 10.5 Å². The standard InChI is InChI=1S/C13H13N3O3Se/c1-19-9-3-2-6(4-8(9)17)7-5-10(18)15-12-11(7)20-13(14)16-12/h2-4,7,17H,5H2,1H3,(H2,14,16)(H,15,18). The van der Waals surface area contributed by atoms with Crippen LogP contribution in [0.25, 0.3) is 0 Å². The van der Waals surface area contributed by atoms with E-state index in [9.17, 15) is 9.90 Å². The van der Waals surface area contributed by atoms with Gasteiger partial charge in [0, 0.05) is 0 Å². The van der Waals surface area contributed by atoms with Crippen LogP contribution in [-0.2, 0) is 4.79 Å². The van der Waals surface area contributed by atoms with Crippen molar-refractivity contribution >= 4 is 30.9 Å². The average molecular weight is 338 g/mol. The van der Waals surface area contributed by atoms with E-state index in [1.54, 1.807) is 12.1 Å². The van der Waals surface area contributed by atoms with Gasteiger partial charge in [-0.15, -0.1) is 0 Å². The number of benzene rings is 1. The summed E-state index contributed by atoms with van der Waals surface area (Å²) < 4.78 is 6.65. The number of anilines is 2. The summed E-state index contributed by atoms with van der Waals surface area (Å²) in [4.78, 5) is 15.9. The molecule has 0 saturated carbocycles. The molecule has 6 nitrogen and oxygen atoms in total. The van der Waals surface area contributed by atoms with Crippen molar-refractivity contribution in [3.05, 3.63) is 28.2 Å². The predicted molar refractivity (Wildman–Crippen MR) is 75.3 cm³/mol. The Balaban J connectivity index is 2.05. The maximum absolute atomic E-state index is 11.8. The van der Waals surface area contributed by atoms with Crippen LogP contribution in [0.5, 0.6) is 11.5 Å². The van der Waals surface area contributed by atoms with Crippen molar-refractivity contribution in [2.75, 3.05) is 18.2 Å². The molecule has 7 heteroatoms. The molecule has 0 aliphatic carbocycles. The molecule has 1 aliphatic heterocycles. The number of nitrogens with zero attached hydrogens (tertiary/aromatic N) is 1. The minimum absolute atomic E-state index is 0.0523. The zero-order chi connectivity index (χ0) is 14.3. The fraction of sp³-hybridized carbons (Fsp3) is 0.231. The van der Waals surface area contributed by atoms with Crippen LogP contribution >= 0.6 is 0 Å². The van der Waals surface area contributed by atoms with Gasteiger partial charge in [0.15, 0.2) is 0 Å². The van der Waals surface area contributed by atoms with Crippen molar-refractivity contribution in [3.8, 4) is 11.5 Å². The second-order valence-corrected chi connectivity index (χ2v) is 6.73. The van der Waals surface area contributed by atoms with Gasteiger partial charge in [0.2, 0.25) is 0 Å². The molecule has 104 valence electrons. The predicted octanol–water partition coefficient (Wildman–Crippen LogP) is 0.909. The van der Waals surface area contributed by atoms with Crippen LogP contribution in [-0.4, -0.2) is 37.6 Å². The maximum atomic E-state index is 11.8. The Morgan fingerprint density at radius 2 is 2.35 bits per heavy atom. The van der Waals surface area contributed by atoms with Crippen molar-refractivity contribution in [2.45, 2.75) is 12.3 Å². The second kappa shape index (κ2) is 4.85. The molecule has 1 unspecified atom stereocenters. The van der Waals surface area contributed by atoms with Gasteiger partial charge in [0.05, 0.1) is 0 Å². The van der Waals surface area contributed by atoms with Gasteiger partial charge in [-0.25, -0.2) is 0 Å². The Morgan fingerprint density at radius 1 is 1.55 bits per heavy atom. The number of aromatic hydroxyl groups is 1. The van der Waals surface area contributed by atoms with E-state index in [2.05, 4.69) is 10.3 Å². The number of ether oxygens (including phenoxy) is 1. The number of hydrogen-bond acceptors (Lipinski definition) is 5. The number of hydrogen-bond donors (Lipinski definition) is 3. The number of carbonyl (C=O) groups excluding carboxylic acids is 1. The van der Waals surface area contributed by atoms with Gasteiger partial charge >= 0.3 is 121 Å². The Labute approximate surface area is 121 Å². The van der Waals surface area contributed by atoms with Crippen molar-refractivity contribution < 1.29 is 14.6 Å². The molecule has 0 saturated heterocycles. The molecule has 3 rings (SSSR count).